The lowest BCUT2D eigenvalue weighted by molar-refractivity contribution is -0.119. The number of alkyl halides is 1. The van der Waals surface area contributed by atoms with E-state index in [-0.39, 0.29) is 0 Å². The summed E-state index contributed by atoms with van der Waals surface area (Å²) in [4.78, 5) is 10.7. The summed E-state index contributed by atoms with van der Waals surface area (Å²) in [5, 5.41) is 0. The van der Waals surface area contributed by atoms with Gasteiger partial charge in [-0.05, 0) is 12.8 Å². The Balaban J connectivity index is 2.13. The van der Waals surface area contributed by atoms with Gasteiger partial charge in [0, 0.05) is 18.2 Å². The second-order valence-corrected chi connectivity index (χ2v) is 2.56. The molecule has 1 fully saturated rings. The monoisotopic (exact) mass is 132 g/mol. The largest absolute Gasteiger partial charge is 0.299 e. The maximum absolute atomic E-state index is 10.7. The maximum Gasteiger partial charge on any atom is 0.137 e. The molecular weight excluding hydrogens is 124 g/mol. The van der Waals surface area contributed by atoms with Crippen molar-refractivity contribution in [2.75, 3.05) is 5.88 Å². The van der Waals surface area contributed by atoms with Crippen molar-refractivity contribution in [3.63, 3.8) is 0 Å². The Labute approximate surface area is 54.0 Å². The molecule has 0 bridgehead atoms. The van der Waals surface area contributed by atoms with Crippen molar-refractivity contribution in [2.24, 2.45) is 5.92 Å². The van der Waals surface area contributed by atoms with Crippen LogP contribution < -0.4 is 0 Å². The zero-order chi connectivity index (χ0) is 5.98. The van der Waals surface area contributed by atoms with Crippen LogP contribution in [0.15, 0.2) is 0 Å². The summed E-state index contributed by atoms with van der Waals surface area (Å²) in [5.41, 5.74) is 0. The molecule has 0 amide bonds. The van der Waals surface area contributed by atoms with Crippen LogP contribution in [0.3, 0.4) is 0 Å². The van der Waals surface area contributed by atoms with Crippen LogP contribution in [0.25, 0.3) is 0 Å². The van der Waals surface area contributed by atoms with E-state index in [4.69, 9.17) is 11.6 Å². The molecule has 0 spiro atoms. The number of carbonyl (C=O) groups is 1. The fraction of sp³-hybridized carbons (Fsp3) is 0.833. The van der Waals surface area contributed by atoms with Gasteiger partial charge in [0.25, 0.3) is 0 Å². The minimum absolute atomic E-state index is 0.361. The van der Waals surface area contributed by atoms with E-state index in [1.54, 1.807) is 0 Å². The number of hydrogen-bond donors (Lipinski definition) is 0. The van der Waals surface area contributed by atoms with E-state index in [9.17, 15) is 4.79 Å². The van der Waals surface area contributed by atoms with Gasteiger partial charge in [-0.15, -0.1) is 11.6 Å². The molecule has 0 unspecified atom stereocenters. The SMILES string of the molecule is O=C(CCCl)C1CC1. The number of rotatable bonds is 3. The van der Waals surface area contributed by atoms with Crippen LogP contribution in [-0.2, 0) is 4.79 Å². The van der Waals surface area contributed by atoms with Crippen LogP contribution in [-0.4, -0.2) is 11.7 Å². The predicted octanol–water partition coefficient (Wildman–Crippen LogP) is 1.59. The minimum atomic E-state index is 0.361. The highest BCUT2D eigenvalue weighted by atomic mass is 35.5. The Hall–Kier alpha value is -0.0400. The van der Waals surface area contributed by atoms with Gasteiger partial charge in [-0.1, -0.05) is 0 Å². The number of ketones is 1. The molecule has 0 aromatic carbocycles. The number of hydrogen-bond acceptors (Lipinski definition) is 1. The second-order valence-electron chi connectivity index (χ2n) is 2.18. The van der Waals surface area contributed by atoms with Crippen LogP contribution >= 0.6 is 11.6 Å². The summed E-state index contributed by atoms with van der Waals surface area (Å²) in [5.74, 6) is 1.25. The van der Waals surface area contributed by atoms with Gasteiger partial charge in [-0.3, -0.25) is 4.79 Å². The van der Waals surface area contributed by atoms with Crippen molar-refractivity contribution >= 4 is 17.4 Å². The molecule has 46 valence electrons. The Bertz CT molecular complexity index is 96.7. The van der Waals surface area contributed by atoms with Crippen LogP contribution in [0.4, 0.5) is 0 Å². The average molecular weight is 133 g/mol. The predicted molar refractivity (Wildman–Crippen MR) is 33.1 cm³/mol. The first-order chi connectivity index (χ1) is 3.84. The molecule has 0 aliphatic heterocycles. The molecule has 0 saturated heterocycles. The van der Waals surface area contributed by atoms with Crippen LogP contribution in [0, 0.1) is 5.92 Å². The molecule has 0 N–H and O–H groups in total. The summed E-state index contributed by atoms with van der Waals surface area (Å²) in [7, 11) is 0. The van der Waals surface area contributed by atoms with Gasteiger partial charge >= 0.3 is 0 Å². The lowest BCUT2D eigenvalue weighted by atomic mass is 10.2. The van der Waals surface area contributed by atoms with E-state index in [2.05, 4.69) is 0 Å². The van der Waals surface area contributed by atoms with Crippen molar-refractivity contribution in [3.8, 4) is 0 Å². The Morgan fingerprint density at radius 3 is 2.62 bits per heavy atom. The fourth-order valence-corrected chi connectivity index (χ4v) is 0.889. The van der Waals surface area contributed by atoms with Gasteiger partial charge in [0.15, 0.2) is 0 Å². The molecule has 1 nitrogen and oxygen atoms in total. The average Bonchev–Trinajstić information content (AvgIpc) is 2.45. The summed E-state index contributed by atoms with van der Waals surface area (Å²) < 4.78 is 0. The highest BCUT2D eigenvalue weighted by Crippen LogP contribution is 2.30. The molecule has 2 heteroatoms. The van der Waals surface area contributed by atoms with E-state index in [1.165, 1.54) is 0 Å². The van der Waals surface area contributed by atoms with E-state index in [0.29, 0.717) is 24.0 Å². The quantitative estimate of drug-likeness (QED) is 0.533. The third-order valence-electron chi connectivity index (χ3n) is 1.37. The van der Waals surface area contributed by atoms with Crippen molar-refractivity contribution in [1.29, 1.82) is 0 Å². The van der Waals surface area contributed by atoms with E-state index in [1.807, 2.05) is 0 Å². The normalized spacial score (nSPS) is 18.6. The summed E-state index contributed by atoms with van der Waals surface area (Å²) in [6.45, 7) is 0. The van der Waals surface area contributed by atoms with E-state index < -0.39 is 0 Å². The minimum Gasteiger partial charge on any atom is -0.299 e. The first kappa shape index (κ1) is 6.09. The third-order valence-corrected chi connectivity index (χ3v) is 1.56. The molecule has 0 radical (unpaired) electrons. The van der Waals surface area contributed by atoms with Gasteiger partial charge in [-0.2, -0.15) is 0 Å². The number of carbonyl (C=O) groups excluding carboxylic acids is 1. The summed E-state index contributed by atoms with van der Waals surface area (Å²) in [6, 6.07) is 0. The first-order valence-electron chi connectivity index (χ1n) is 2.93. The smallest absolute Gasteiger partial charge is 0.137 e. The van der Waals surface area contributed by atoms with Crippen LogP contribution in [0.5, 0.6) is 0 Å². The number of halogens is 1. The highest BCUT2D eigenvalue weighted by Gasteiger charge is 2.28. The molecule has 0 aromatic heterocycles. The second kappa shape index (κ2) is 2.49. The van der Waals surface area contributed by atoms with Crippen molar-refractivity contribution in [3.05, 3.63) is 0 Å². The van der Waals surface area contributed by atoms with Crippen molar-refractivity contribution < 1.29 is 4.79 Å². The molecule has 1 saturated carbocycles. The van der Waals surface area contributed by atoms with Crippen molar-refractivity contribution in [2.45, 2.75) is 19.3 Å². The lowest BCUT2D eigenvalue weighted by Crippen LogP contribution is -1.99. The Morgan fingerprint density at radius 1 is 1.62 bits per heavy atom. The molecule has 0 atom stereocenters. The van der Waals surface area contributed by atoms with Gasteiger partial charge in [0.2, 0.25) is 0 Å². The van der Waals surface area contributed by atoms with E-state index in [0.717, 1.165) is 12.8 Å². The van der Waals surface area contributed by atoms with Gasteiger partial charge in [0.05, 0.1) is 0 Å². The topological polar surface area (TPSA) is 17.1 Å². The molecule has 0 heterocycles. The molecule has 8 heavy (non-hydrogen) atoms. The highest BCUT2D eigenvalue weighted by molar-refractivity contribution is 6.19. The molecule has 0 aromatic rings. The van der Waals surface area contributed by atoms with Gasteiger partial charge in [-0.25, -0.2) is 0 Å². The van der Waals surface area contributed by atoms with Crippen LogP contribution in [0.2, 0.25) is 0 Å². The Morgan fingerprint density at radius 2 is 2.25 bits per heavy atom. The van der Waals surface area contributed by atoms with Crippen LogP contribution in [0.1, 0.15) is 19.3 Å². The lowest BCUT2D eigenvalue weighted by Gasteiger charge is -1.88. The standard InChI is InChI=1S/C6H9ClO/c7-4-3-6(8)5-1-2-5/h5H,1-4H2. The Kier molecular flexibility index (Phi) is 1.90. The zero-order valence-electron chi connectivity index (χ0n) is 4.69. The van der Waals surface area contributed by atoms with Gasteiger partial charge in [0.1, 0.15) is 5.78 Å². The summed E-state index contributed by atoms with van der Waals surface area (Å²) >= 11 is 5.35. The summed E-state index contributed by atoms with van der Waals surface area (Å²) in [6.07, 6.45) is 2.79. The fourth-order valence-electron chi connectivity index (χ4n) is 0.703. The maximum atomic E-state index is 10.7. The van der Waals surface area contributed by atoms with Crippen molar-refractivity contribution in [1.82, 2.24) is 0 Å². The molecular formula is C6H9ClO. The molecule has 1 aliphatic carbocycles. The molecule has 1 aliphatic rings. The van der Waals surface area contributed by atoms with E-state index >= 15 is 0 Å². The number of Topliss-reactive ketones (excluding diaryl/α,β-unsaturated/α-hetero) is 1. The first-order valence-corrected chi connectivity index (χ1v) is 3.46. The zero-order valence-corrected chi connectivity index (χ0v) is 5.45. The molecule has 1 rings (SSSR count). The van der Waals surface area contributed by atoms with Gasteiger partial charge < -0.3 is 0 Å². The third kappa shape index (κ3) is 1.48.